The van der Waals surface area contributed by atoms with Gasteiger partial charge in [-0.1, -0.05) is 19.1 Å². The van der Waals surface area contributed by atoms with Crippen molar-refractivity contribution in [3.8, 4) is 6.07 Å². The summed E-state index contributed by atoms with van der Waals surface area (Å²) in [5.74, 6) is -0.180. The maximum absolute atomic E-state index is 12.5. The number of anilines is 1. The van der Waals surface area contributed by atoms with Crippen LogP contribution in [0.3, 0.4) is 0 Å². The van der Waals surface area contributed by atoms with Crippen LogP contribution in [-0.2, 0) is 6.54 Å². The molecule has 2 rings (SSSR count). The number of hydrogen-bond acceptors (Lipinski definition) is 4. The van der Waals surface area contributed by atoms with Gasteiger partial charge in [0.1, 0.15) is 11.1 Å². The van der Waals surface area contributed by atoms with Crippen LogP contribution in [-0.4, -0.2) is 23.4 Å². The Balaban J connectivity index is 2.11. The highest BCUT2D eigenvalue weighted by molar-refractivity contribution is 7.16. The zero-order valence-electron chi connectivity index (χ0n) is 15.5. The number of rotatable bonds is 6. The summed E-state index contributed by atoms with van der Waals surface area (Å²) in [6.45, 7) is 12.3. The number of amides is 1. The molecule has 1 aromatic heterocycles. The number of aryl methyl sites for hydroxylation is 1. The summed E-state index contributed by atoms with van der Waals surface area (Å²) in [4.78, 5) is 15.9. The Morgan fingerprint density at radius 2 is 1.92 bits per heavy atom. The lowest BCUT2D eigenvalue weighted by Crippen LogP contribution is -2.29. The molecule has 0 saturated heterocycles. The van der Waals surface area contributed by atoms with Gasteiger partial charge in [-0.05, 0) is 57.5 Å². The van der Waals surface area contributed by atoms with Crippen molar-refractivity contribution in [2.24, 2.45) is 0 Å². The molecule has 1 N–H and O–H groups in total. The van der Waals surface area contributed by atoms with Gasteiger partial charge in [-0.2, -0.15) is 5.26 Å². The Kier molecular flexibility index (Phi) is 6.35. The number of nitrogens with zero attached hydrogens (tertiary/aromatic N) is 2. The van der Waals surface area contributed by atoms with E-state index in [0.717, 1.165) is 23.5 Å². The first-order valence-electron chi connectivity index (χ1n) is 8.51. The molecule has 2 aromatic rings. The van der Waals surface area contributed by atoms with Crippen molar-refractivity contribution in [2.45, 2.75) is 47.2 Å². The minimum atomic E-state index is -0.180. The van der Waals surface area contributed by atoms with E-state index in [4.69, 9.17) is 0 Å². The minimum Gasteiger partial charge on any atom is -0.312 e. The Morgan fingerprint density at radius 1 is 1.28 bits per heavy atom. The summed E-state index contributed by atoms with van der Waals surface area (Å²) in [5, 5.41) is 12.8. The van der Waals surface area contributed by atoms with E-state index in [1.807, 2.05) is 38.1 Å². The molecule has 0 unspecified atom stereocenters. The molecule has 25 heavy (non-hydrogen) atoms. The molecule has 0 bridgehead atoms. The van der Waals surface area contributed by atoms with E-state index in [1.165, 1.54) is 16.9 Å². The molecular weight excluding hydrogens is 330 g/mol. The molecule has 0 atom stereocenters. The van der Waals surface area contributed by atoms with Crippen molar-refractivity contribution in [3.63, 3.8) is 0 Å². The van der Waals surface area contributed by atoms with E-state index in [-0.39, 0.29) is 5.91 Å². The molecule has 0 saturated carbocycles. The Hall–Kier alpha value is -2.16. The Labute approximate surface area is 154 Å². The molecular formula is C20H25N3OS. The molecule has 1 aromatic carbocycles. The van der Waals surface area contributed by atoms with Crippen molar-refractivity contribution in [1.82, 2.24) is 4.90 Å². The zero-order chi connectivity index (χ0) is 18.6. The highest BCUT2D eigenvalue weighted by atomic mass is 32.1. The fourth-order valence-corrected chi connectivity index (χ4v) is 3.69. The van der Waals surface area contributed by atoms with E-state index >= 15 is 0 Å². The molecule has 4 nitrogen and oxygen atoms in total. The van der Waals surface area contributed by atoms with E-state index in [9.17, 15) is 10.1 Å². The van der Waals surface area contributed by atoms with Crippen LogP contribution in [0.2, 0.25) is 0 Å². The molecule has 0 spiro atoms. The standard InChI is InChI=1S/C20H25N3OS/c1-6-23(13(2)3)12-16-7-9-17(10-8-16)19(24)22-20-18(11-21)14(4)15(5)25-20/h7-10,13H,6,12H2,1-5H3,(H,22,24). The van der Waals surface area contributed by atoms with Gasteiger partial charge in [0.05, 0.1) is 5.56 Å². The highest BCUT2D eigenvalue weighted by Crippen LogP contribution is 2.31. The molecule has 0 fully saturated rings. The quantitative estimate of drug-likeness (QED) is 0.816. The lowest BCUT2D eigenvalue weighted by atomic mass is 10.1. The number of thiophene rings is 1. The van der Waals surface area contributed by atoms with Crippen LogP contribution < -0.4 is 5.32 Å². The summed E-state index contributed by atoms with van der Waals surface area (Å²) in [6, 6.07) is 10.4. The number of nitrogens with one attached hydrogen (secondary N) is 1. The molecule has 1 amide bonds. The average Bonchev–Trinajstić information content (AvgIpc) is 2.86. The van der Waals surface area contributed by atoms with Crippen LogP contribution in [0.1, 0.15) is 52.7 Å². The predicted molar refractivity (Wildman–Crippen MR) is 104 cm³/mol. The van der Waals surface area contributed by atoms with Gasteiger partial charge in [-0.15, -0.1) is 11.3 Å². The second kappa shape index (κ2) is 8.28. The van der Waals surface area contributed by atoms with E-state index in [1.54, 1.807) is 0 Å². The van der Waals surface area contributed by atoms with Crippen LogP contribution in [0.4, 0.5) is 5.00 Å². The molecule has 0 aliphatic heterocycles. The second-order valence-corrected chi connectivity index (χ2v) is 7.63. The van der Waals surface area contributed by atoms with Gasteiger partial charge in [0, 0.05) is 23.0 Å². The molecule has 1 heterocycles. The number of nitriles is 1. The number of hydrogen-bond donors (Lipinski definition) is 1. The molecule has 132 valence electrons. The summed E-state index contributed by atoms with van der Waals surface area (Å²) in [6.07, 6.45) is 0. The van der Waals surface area contributed by atoms with E-state index < -0.39 is 0 Å². The van der Waals surface area contributed by atoms with Crippen molar-refractivity contribution in [2.75, 3.05) is 11.9 Å². The lowest BCUT2D eigenvalue weighted by molar-refractivity contribution is 0.102. The minimum absolute atomic E-state index is 0.180. The van der Waals surface area contributed by atoms with Gasteiger partial charge in [0.2, 0.25) is 0 Å². The summed E-state index contributed by atoms with van der Waals surface area (Å²) >= 11 is 1.45. The van der Waals surface area contributed by atoms with Crippen molar-refractivity contribution in [1.29, 1.82) is 5.26 Å². The molecule has 0 radical (unpaired) electrons. The van der Waals surface area contributed by atoms with Gasteiger partial charge in [-0.3, -0.25) is 9.69 Å². The first-order valence-corrected chi connectivity index (χ1v) is 9.33. The average molecular weight is 356 g/mol. The molecule has 0 aliphatic carbocycles. The third kappa shape index (κ3) is 4.47. The normalized spacial score (nSPS) is 11.0. The van der Waals surface area contributed by atoms with Crippen LogP contribution >= 0.6 is 11.3 Å². The fraction of sp³-hybridized carbons (Fsp3) is 0.400. The zero-order valence-corrected chi connectivity index (χ0v) is 16.3. The summed E-state index contributed by atoms with van der Waals surface area (Å²) in [5.41, 5.74) is 3.28. The first kappa shape index (κ1) is 19.2. The van der Waals surface area contributed by atoms with Crippen LogP contribution in [0.15, 0.2) is 24.3 Å². The molecule has 5 heteroatoms. The summed E-state index contributed by atoms with van der Waals surface area (Å²) < 4.78 is 0. The van der Waals surface area contributed by atoms with Gasteiger partial charge in [0.15, 0.2) is 0 Å². The number of benzene rings is 1. The topological polar surface area (TPSA) is 56.1 Å². The van der Waals surface area contributed by atoms with E-state index in [0.29, 0.717) is 22.2 Å². The van der Waals surface area contributed by atoms with Gasteiger partial charge in [0.25, 0.3) is 5.91 Å². The summed E-state index contributed by atoms with van der Waals surface area (Å²) in [7, 11) is 0. The monoisotopic (exact) mass is 355 g/mol. The lowest BCUT2D eigenvalue weighted by Gasteiger charge is -2.24. The highest BCUT2D eigenvalue weighted by Gasteiger charge is 2.16. The SMILES string of the molecule is CCN(Cc1ccc(C(=O)Nc2sc(C)c(C)c2C#N)cc1)C(C)C. The van der Waals surface area contributed by atoms with E-state index in [2.05, 4.69) is 37.1 Å². The second-order valence-electron chi connectivity index (χ2n) is 6.41. The fourth-order valence-electron chi connectivity index (χ4n) is 2.68. The molecule has 0 aliphatic rings. The number of carbonyl (C=O) groups is 1. The van der Waals surface area contributed by atoms with Crippen LogP contribution in [0.5, 0.6) is 0 Å². The maximum atomic E-state index is 12.5. The predicted octanol–water partition coefficient (Wildman–Crippen LogP) is 4.72. The Bertz CT molecular complexity index is 785. The van der Waals surface area contributed by atoms with Gasteiger partial charge < -0.3 is 5.32 Å². The third-order valence-electron chi connectivity index (χ3n) is 4.46. The van der Waals surface area contributed by atoms with Gasteiger partial charge >= 0.3 is 0 Å². The van der Waals surface area contributed by atoms with Crippen molar-refractivity contribution < 1.29 is 4.79 Å². The van der Waals surface area contributed by atoms with Gasteiger partial charge in [-0.25, -0.2) is 0 Å². The largest absolute Gasteiger partial charge is 0.312 e. The maximum Gasteiger partial charge on any atom is 0.256 e. The smallest absolute Gasteiger partial charge is 0.256 e. The van der Waals surface area contributed by atoms with Crippen molar-refractivity contribution >= 4 is 22.2 Å². The van der Waals surface area contributed by atoms with Crippen LogP contribution in [0, 0.1) is 25.2 Å². The number of carbonyl (C=O) groups excluding carboxylic acids is 1. The van der Waals surface area contributed by atoms with Crippen LogP contribution in [0.25, 0.3) is 0 Å². The third-order valence-corrected chi connectivity index (χ3v) is 5.59. The Morgan fingerprint density at radius 3 is 2.44 bits per heavy atom. The van der Waals surface area contributed by atoms with Crippen molar-refractivity contribution in [3.05, 3.63) is 51.4 Å². The first-order chi connectivity index (χ1) is 11.9.